The summed E-state index contributed by atoms with van der Waals surface area (Å²) in [6.07, 6.45) is 3.13. The van der Waals surface area contributed by atoms with Gasteiger partial charge >= 0.3 is 0 Å². The van der Waals surface area contributed by atoms with E-state index in [1.54, 1.807) is 11.3 Å². The first-order valence-corrected chi connectivity index (χ1v) is 7.46. The summed E-state index contributed by atoms with van der Waals surface area (Å²) in [6.45, 7) is 2.92. The molecule has 0 spiro atoms. The van der Waals surface area contributed by atoms with E-state index in [1.807, 2.05) is 25.3 Å². The first-order valence-electron chi connectivity index (χ1n) is 6.58. The van der Waals surface area contributed by atoms with Crippen LogP contribution in [0.4, 0.5) is 5.69 Å². The summed E-state index contributed by atoms with van der Waals surface area (Å²) in [5, 5.41) is 11.8. The minimum absolute atomic E-state index is 0.453. The largest absolute Gasteiger partial charge is 0.387 e. The number of hydrogen-bond donors (Lipinski definition) is 1. The van der Waals surface area contributed by atoms with Crippen molar-refractivity contribution in [3.05, 3.63) is 46.4 Å². The molecule has 0 aliphatic carbocycles. The molecule has 2 rings (SSSR count). The molecule has 3 nitrogen and oxygen atoms in total. The van der Waals surface area contributed by atoms with Crippen molar-refractivity contribution in [2.45, 2.75) is 25.9 Å². The second kappa shape index (κ2) is 6.68. The molecule has 0 radical (unpaired) electrons. The predicted octanol–water partition coefficient (Wildman–Crippen LogP) is 3.27. The molecule has 2 aromatic heterocycles. The fourth-order valence-corrected chi connectivity index (χ4v) is 2.59. The Labute approximate surface area is 118 Å². The standard InChI is InChI=1S/C15H20N2OS/c1-3-15(18)14-7-6-12(11-16-14)17(2)9-8-13-5-4-10-19-13/h4-7,10-11,15,18H,3,8-9H2,1-2H3. The molecular formula is C15H20N2OS. The summed E-state index contributed by atoms with van der Waals surface area (Å²) in [5.74, 6) is 0. The molecule has 2 heterocycles. The van der Waals surface area contributed by atoms with E-state index in [1.165, 1.54) is 4.88 Å². The number of hydrogen-bond acceptors (Lipinski definition) is 4. The highest BCUT2D eigenvalue weighted by Gasteiger charge is 2.07. The Balaban J connectivity index is 1.93. The molecule has 102 valence electrons. The summed E-state index contributed by atoms with van der Waals surface area (Å²) >= 11 is 1.79. The van der Waals surface area contributed by atoms with Gasteiger partial charge in [-0.1, -0.05) is 13.0 Å². The maximum absolute atomic E-state index is 9.71. The summed E-state index contributed by atoms with van der Waals surface area (Å²) in [4.78, 5) is 7.92. The Kier molecular flexibility index (Phi) is 4.93. The molecule has 2 aromatic rings. The van der Waals surface area contributed by atoms with Crippen LogP contribution in [-0.2, 0) is 6.42 Å². The fourth-order valence-electron chi connectivity index (χ4n) is 1.89. The summed E-state index contributed by atoms with van der Waals surface area (Å²) in [5.41, 5.74) is 1.83. The van der Waals surface area contributed by atoms with Crippen molar-refractivity contribution in [1.29, 1.82) is 0 Å². The number of nitrogens with zero attached hydrogens (tertiary/aromatic N) is 2. The first-order chi connectivity index (χ1) is 9.20. The zero-order chi connectivity index (χ0) is 13.7. The topological polar surface area (TPSA) is 36.4 Å². The van der Waals surface area contributed by atoms with E-state index in [0.717, 1.165) is 24.3 Å². The van der Waals surface area contributed by atoms with Gasteiger partial charge in [0.25, 0.3) is 0 Å². The number of likely N-dealkylation sites (N-methyl/N-ethyl adjacent to an activating group) is 1. The van der Waals surface area contributed by atoms with Crippen LogP contribution >= 0.6 is 11.3 Å². The number of rotatable bonds is 6. The Morgan fingerprint density at radius 3 is 2.79 bits per heavy atom. The van der Waals surface area contributed by atoms with E-state index in [-0.39, 0.29) is 0 Å². The van der Waals surface area contributed by atoms with Gasteiger partial charge < -0.3 is 10.0 Å². The second-order valence-corrected chi connectivity index (χ2v) is 5.65. The van der Waals surface area contributed by atoms with Crippen molar-refractivity contribution >= 4 is 17.0 Å². The van der Waals surface area contributed by atoms with E-state index in [2.05, 4.69) is 34.4 Å². The van der Waals surface area contributed by atoms with E-state index >= 15 is 0 Å². The molecule has 19 heavy (non-hydrogen) atoms. The Hall–Kier alpha value is -1.39. The van der Waals surface area contributed by atoms with Gasteiger partial charge in [-0.25, -0.2) is 0 Å². The highest BCUT2D eigenvalue weighted by molar-refractivity contribution is 7.09. The van der Waals surface area contributed by atoms with Crippen LogP contribution in [0, 0.1) is 0 Å². The molecule has 0 bridgehead atoms. The average molecular weight is 276 g/mol. The molecule has 0 saturated heterocycles. The van der Waals surface area contributed by atoms with Gasteiger partial charge in [0.15, 0.2) is 0 Å². The zero-order valence-electron chi connectivity index (χ0n) is 11.4. The minimum atomic E-state index is -0.453. The summed E-state index contributed by atoms with van der Waals surface area (Å²) in [6, 6.07) is 8.18. The Bertz CT molecular complexity index is 481. The van der Waals surface area contributed by atoms with Crippen LogP contribution in [0.1, 0.15) is 30.0 Å². The van der Waals surface area contributed by atoms with Crippen molar-refractivity contribution in [2.75, 3.05) is 18.5 Å². The van der Waals surface area contributed by atoms with E-state index in [4.69, 9.17) is 0 Å². The lowest BCUT2D eigenvalue weighted by Crippen LogP contribution is -2.20. The van der Waals surface area contributed by atoms with Crippen molar-refractivity contribution in [3.63, 3.8) is 0 Å². The molecule has 0 aromatic carbocycles. The zero-order valence-corrected chi connectivity index (χ0v) is 12.2. The molecule has 1 N–H and O–H groups in total. The third-order valence-corrected chi connectivity index (χ3v) is 4.15. The first kappa shape index (κ1) is 14.0. The average Bonchev–Trinajstić information content (AvgIpc) is 2.97. The van der Waals surface area contributed by atoms with Gasteiger partial charge in [0.1, 0.15) is 0 Å². The van der Waals surface area contributed by atoms with Gasteiger partial charge in [0.2, 0.25) is 0 Å². The molecular weight excluding hydrogens is 256 g/mol. The van der Waals surface area contributed by atoms with Crippen LogP contribution in [0.3, 0.4) is 0 Å². The normalized spacial score (nSPS) is 12.4. The number of anilines is 1. The molecule has 0 aliphatic rings. The fraction of sp³-hybridized carbons (Fsp3) is 0.400. The smallest absolute Gasteiger partial charge is 0.0957 e. The third kappa shape index (κ3) is 3.78. The van der Waals surface area contributed by atoms with Crippen LogP contribution in [0.25, 0.3) is 0 Å². The van der Waals surface area contributed by atoms with Crippen LogP contribution in [-0.4, -0.2) is 23.7 Å². The van der Waals surface area contributed by atoms with Crippen molar-refractivity contribution in [3.8, 4) is 0 Å². The Morgan fingerprint density at radius 2 is 2.21 bits per heavy atom. The van der Waals surface area contributed by atoms with Gasteiger partial charge in [-0.05, 0) is 36.4 Å². The molecule has 1 unspecified atom stereocenters. The molecule has 4 heteroatoms. The van der Waals surface area contributed by atoms with Gasteiger partial charge in [-0.2, -0.15) is 0 Å². The molecule has 0 fully saturated rings. The van der Waals surface area contributed by atoms with E-state index in [0.29, 0.717) is 6.42 Å². The number of aromatic nitrogens is 1. The van der Waals surface area contributed by atoms with Crippen molar-refractivity contribution in [1.82, 2.24) is 4.98 Å². The third-order valence-electron chi connectivity index (χ3n) is 3.21. The van der Waals surface area contributed by atoms with Gasteiger partial charge in [-0.15, -0.1) is 11.3 Å². The van der Waals surface area contributed by atoms with Crippen LogP contribution in [0.2, 0.25) is 0 Å². The Morgan fingerprint density at radius 1 is 1.37 bits per heavy atom. The van der Waals surface area contributed by atoms with Crippen LogP contribution in [0.5, 0.6) is 0 Å². The second-order valence-electron chi connectivity index (χ2n) is 4.62. The highest BCUT2D eigenvalue weighted by Crippen LogP contribution is 2.18. The molecule has 0 aliphatic heterocycles. The predicted molar refractivity (Wildman–Crippen MR) is 80.8 cm³/mol. The number of pyridine rings is 1. The molecule has 1 atom stereocenters. The van der Waals surface area contributed by atoms with Crippen LogP contribution in [0.15, 0.2) is 35.8 Å². The van der Waals surface area contributed by atoms with Gasteiger partial charge in [0.05, 0.1) is 23.7 Å². The highest BCUT2D eigenvalue weighted by atomic mass is 32.1. The van der Waals surface area contributed by atoms with Crippen LogP contribution < -0.4 is 4.90 Å². The van der Waals surface area contributed by atoms with E-state index < -0.39 is 6.10 Å². The van der Waals surface area contributed by atoms with Crippen molar-refractivity contribution < 1.29 is 5.11 Å². The minimum Gasteiger partial charge on any atom is -0.387 e. The number of aliphatic hydroxyl groups is 1. The summed E-state index contributed by atoms with van der Waals surface area (Å²) in [7, 11) is 2.07. The molecule has 0 amide bonds. The lowest BCUT2D eigenvalue weighted by Gasteiger charge is -2.19. The van der Waals surface area contributed by atoms with Crippen molar-refractivity contribution in [2.24, 2.45) is 0 Å². The maximum Gasteiger partial charge on any atom is 0.0957 e. The lowest BCUT2D eigenvalue weighted by atomic mass is 10.2. The number of thiophene rings is 1. The van der Waals surface area contributed by atoms with E-state index in [9.17, 15) is 5.11 Å². The maximum atomic E-state index is 9.71. The summed E-state index contributed by atoms with van der Waals surface area (Å²) < 4.78 is 0. The monoisotopic (exact) mass is 276 g/mol. The number of aliphatic hydroxyl groups excluding tert-OH is 1. The SMILES string of the molecule is CCC(O)c1ccc(N(C)CCc2cccs2)cn1. The van der Waals surface area contributed by atoms with Gasteiger partial charge in [-0.3, -0.25) is 4.98 Å². The lowest BCUT2D eigenvalue weighted by molar-refractivity contribution is 0.169. The molecule has 0 saturated carbocycles. The quantitative estimate of drug-likeness (QED) is 0.879. The van der Waals surface area contributed by atoms with Gasteiger partial charge in [0, 0.05) is 18.5 Å².